The molecule has 1 aliphatic carbocycles. The van der Waals surface area contributed by atoms with Gasteiger partial charge in [-0.3, -0.25) is 9.59 Å². The van der Waals surface area contributed by atoms with E-state index < -0.39 is 0 Å². The third kappa shape index (κ3) is 4.21. The first-order valence-corrected chi connectivity index (χ1v) is 9.82. The first-order valence-electron chi connectivity index (χ1n) is 9.82. The average molecular weight is 388 g/mol. The van der Waals surface area contributed by atoms with Crippen LogP contribution in [0.2, 0.25) is 0 Å². The van der Waals surface area contributed by atoms with E-state index in [0.717, 1.165) is 35.5 Å². The topological polar surface area (TPSA) is 76.0 Å². The Hall–Kier alpha value is -3.41. The number of benzene rings is 2. The van der Waals surface area contributed by atoms with Gasteiger partial charge in [-0.05, 0) is 56.5 Å². The van der Waals surface area contributed by atoms with Crippen molar-refractivity contribution in [3.63, 3.8) is 0 Å². The summed E-state index contributed by atoms with van der Waals surface area (Å²) in [4.78, 5) is 24.8. The Morgan fingerprint density at radius 3 is 2.55 bits per heavy atom. The summed E-state index contributed by atoms with van der Waals surface area (Å²) in [5.41, 5.74) is 4.69. The molecule has 1 fully saturated rings. The third-order valence-electron chi connectivity index (χ3n) is 5.11. The van der Waals surface area contributed by atoms with Gasteiger partial charge in [-0.1, -0.05) is 30.3 Å². The summed E-state index contributed by atoms with van der Waals surface area (Å²) in [5.74, 6) is 0.0748. The fourth-order valence-electron chi connectivity index (χ4n) is 3.41. The zero-order valence-corrected chi connectivity index (χ0v) is 16.6. The highest BCUT2D eigenvalue weighted by Gasteiger charge is 2.29. The van der Waals surface area contributed by atoms with E-state index in [-0.39, 0.29) is 17.7 Å². The lowest BCUT2D eigenvalue weighted by atomic mass is 10.1. The van der Waals surface area contributed by atoms with Crippen molar-refractivity contribution < 1.29 is 9.59 Å². The maximum absolute atomic E-state index is 12.8. The van der Waals surface area contributed by atoms with E-state index in [1.165, 1.54) is 0 Å². The molecule has 0 saturated heterocycles. The van der Waals surface area contributed by atoms with Gasteiger partial charge >= 0.3 is 0 Å². The van der Waals surface area contributed by atoms with Gasteiger partial charge in [0.2, 0.25) is 5.91 Å². The number of para-hydroxylation sites is 1. The standard InChI is InChI=1S/C23H24N4O2/c1-15-21(16(2)27(26-15)20-9-4-3-5-10-20)23(29)24-14-17-7-6-8-19(13-17)25-22(28)18-11-12-18/h3-10,13,18H,11-12,14H2,1-2H3,(H,24,29)(H,25,28). The van der Waals surface area contributed by atoms with Crippen molar-refractivity contribution in [1.29, 1.82) is 0 Å². The van der Waals surface area contributed by atoms with Gasteiger partial charge < -0.3 is 10.6 Å². The Labute approximate surface area is 169 Å². The van der Waals surface area contributed by atoms with Crippen molar-refractivity contribution in [2.24, 2.45) is 5.92 Å². The molecule has 1 aromatic heterocycles. The Morgan fingerprint density at radius 2 is 1.83 bits per heavy atom. The molecular formula is C23H24N4O2. The summed E-state index contributed by atoms with van der Waals surface area (Å²) in [6.07, 6.45) is 1.94. The molecule has 0 atom stereocenters. The lowest BCUT2D eigenvalue weighted by Gasteiger charge is -2.09. The van der Waals surface area contributed by atoms with Crippen molar-refractivity contribution in [2.75, 3.05) is 5.32 Å². The quantitative estimate of drug-likeness (QED) is 0.675. The summed E-state index contributed by atoms with van der Waals surface area (Å²) in [5, 5.41) is 10.4. The largest absolute Gasteiger partial charge is 0.348 e. The number of amides is 2. The van der Waals surface area contributed by atoms with Crippen LogP contribution in [0, 0.1) is 19.8 Å². The minimum absolute atomic E-state index is 0.0748. The van der Waals surface area contributed by atoms with E-state index >= 15 is 0 Å². The van der Waals surface area contributed by atoms with Gasteiger partial charge in [0.05, 0.1) is 22.6 Å². The minimum Gasteiger partial charge on any atom is -0.348 e. The van der Waals surface area contributed by atoms with E-state index in [1.54, 1.807) is 4.68 Å². The highest BCUT2D eigenvalue weighted by molar-refractivity contribution is 5.96. The fraction of sp³-hybridized carbons (Fsp3) is 0.261. The Morgan fingerprint density at radius 1 is 1.07 bits per heavy atom. The lowest BCUT2D eigenvalue weighted by molar-refractivity contribution is -0.117. The van der Waals surface area contributed by atoms with Gasteiger partial charge in [0.15, 0.2) is 0 Å². The van der Waals surface area contributed by atoms with Crippen molar-refractivity contribution >= 4 is 17.5 Å². The molecule has 2 aromatic carbocycles. The van der Waals surface area contributed by atoms with Crippen molar-refractivity contribution in [1.82, 2.24) is 15.1 Å². The average Bonchev–Trinajstić information content (AvgIpc) is 3.53. The van der Waals surface area contributed by atoms with Crippen LogP contribution in [0.5, 0.6) is 0 Å². The molecule has 3 aromatic rings. The van der Waals surface area contributed by atoms with Crippen LogP contribution in [0.3, 0.4) is 0 Å². The summed E-state index contributed by atoms with van der Waals surface area (Å²) in [7, 11) is 0. The van der Waals surface area contributed by atoms with Gasteiger partial charge in [-0.15, -0.1) is 0 Å². The number of carbonyl (C=O) groups excluding carboxylic acids is 2. The van der Waals surface area contributed by atoms with Crippen LogP contribution in [0.1, 0.15) is 40.2 Å². The maximum Gasteiger partial charge on any atom is 0.255 e. The molecular weight excluding hydrogens is 364 g/mol. The van der Waals surface area contributed by atoms with Crippen LogP contribution in [0.15, 0.2) is 54.6 Å². The first kappa shape index (κ1) is 18.9. The number of nitrogens with one attached hydrogen (secondary N) is 2. The summed E-state index contributed by atoms with van der Waals surface area (Å²) in [6, 6.07) is 17.3. The number of hydrogen-bond donors (Lipinski definition) is 2. The van der Waals surface area contributed by atoms with E-state index in [2.05, 4.69) is 15.7 Å². The predicted molar refractivity (Wildman–Crippen MR) is 112 cm³/mol. The molecule has 29 heavy (non-hydrogen) atoms. The molecule has 2 amide bonds. The van der Waals surface area contributed by atoms with E-state index in [4.69, 9.17) is 0 Å². The lowest BCUT2D eigenvalue weighted by Crippen LogP contribution is -2.24. The van der Waals surface area contributed by atoms with E-state index in [0.29, 0.717) is 17.8 Å². The molecule has 0 bridgehead atoms. The van der Waals surface area contributed by atoms with Crippen LogP contribution in [0.4, 0.5) is 5.69 Å². The Bertz CT molecular complexity index is 1050. The normalized spacial score (nSPS) is 13.2. The van der Waals surface area contributed by atoms with Crippen molar-refractivity contribution in [3.05, 3.63) is 77.1 Å². The number of aromatic nitrogens is 2. The molecule has 2 N–H and O–H groups in total. The minimum atomic E-state index is -0.158. The monoisotopic (exact) mass is 388 g/mol. The molecule has 0 aliphatic heterocycles. The first-order chi connectivity index (χ1) is 14.0. The molecule has 0 unspecified atom stereocenters. The molecule has 1 heterocycles. The van der Waals surface area contributed by atoms with Crippen LogP contribution < -0.4 is 10.6 Å². The van der Waals surface area contributed by atoms with Gasteiger partial charge in [-0.25, -0.2) is 4.68 Å². The summed E-state index contributed by atoms with van der Waals surface area (Å²) in [6.45, 7) is 4.12. The van der Waals surface area contributed by atoms with E-state index in [9.17, 15) is 9.59 Å². The maximum atomic E-state index is 12.8. The van der Waals surface area contributed by atoms with Crippen molar-refractivity contribution in [2.45, 2.75) is 33.2 Å². The second-order valence-corrected chi connectivity index (χ2v) is 7.44. The summed E-state index contributed by atoms with van der Waals surface area (Å²) >= 11 is 0. The molecule has 0 radical (unpaired) electrons. The SMILES string of the molecule is Cc1nn(-c2ccccc2)c(C)c1C(=O)NCc1cccc(NC(=O)C2CC2)c1. The van der Waals surface area contributed by atoms with Gasteiger partial charge in [0.25, 0.3) is 5.91 Å². The Kier molecular flexibility index (Phi) is 5.16. The number of nitrogens with zero attached hydrogens (tertiary/aromatic N) is 2. The molecule has 0 spiro atoms. The number of hydrogen-bond acceptors (Lipinski definition) is 3. The van der Waals surface area contributed by atoms with Crippen LogP contribution in [0.25, 0.3) is 5.69 Å². The van der Waals surface area contributed by atoms with E-state index in [1.807, 2.05) is 68.4 Å². The van der Waals surface area contributed by atoms with Gasteiger partial charge in [0, 0.05) is 18.2 Å². The number of rotatable bonds is 6. The smallest absolute Gasteiger partial charge is 0.255 e. The molecule has 4 rings (SSSR count). The van der Waals surface area contributed by atoms with Crippen LogP contribution >= 0.6 is 0 Å². The Balaban J connectivity index is 1.45. The van der Waals surface area contributed by atoms with Gasteiger partial charge in [-0.2, -0.15) is 5.10 Å². The zero-order chi connectivity index (χ0) is 20.4. The second kappa shape index (κ2) is 7.91. The highest BCUT2D eigenvalue weighted by Crippen LogP contribution is 2.30. The molecule has 148 valence electrons. The van der Waals surface area contributed by atoms with Crippen LogP contribution in [-0.2, 0) is 11.3 Å². The highest BCUT2D eigenvalue weighted by atomic mass is 16.2. The van der Waals surface area contributed by atoms with Crippen molar-refractivity contribution in [3.8, 4) is 5.69 Å². The third-order valence-corrected chi connectivity index (χ3v) is 5.11. The zero-order valence-electron chi connectivity index (χ0n) is 16.6. The second-order valence-electron chi connectivity index (χ2n) is 7.44. The number of carbonyl (C=O) groups is 2. The van der Waals surface area contributed by atoms with Crippen LogP contribution in [-0.4, -0.2) is 21.6 Å². The summed E-state index contributed by atoms with van der Waals surface area (Å²) < 4.78 is 1.79. The molecule has 1 saturated carbocycles. The molecule has 1 aliphatic rings. The number of anilines is 1. The number of aryl methyl sites for hydroxylation is 1. The molecule has 6 nitrogen and oxygen atoms in total. The fourth-order valence-corrected chi connectivity index (χ4v) is 3.41. The molecule has 6 heteroatoms. The predicted octanol–water partition coefficient (Wildman–Crippen LogP) is 3.77. The van der Waals surface area contributed by atoms with Gasteiger partial charge in [0.1, 0.15) is 0 Å².